The minimum atomic E-state index is -0.283. The van der Waals surface area contributed by atoms with Gasteiger partial charge in [-0.2, -0.15) is 10.1 Å². The number of hydrogen-bond donors (Lipinski definition) is 1. The van der Waals surface area contributed by atoms with Crippen molar-refractivity contribution in [3.63, 3.8) is 0 Å². The lowest BCUT2D eigenvalue weighted by molar-refractivity contribution is -0.117. The third-order valence-electron chi connectivity index (χ3n) is 4.46. The molecule has 1 atom stereocenters. The third-order valence-corrected chi connectivity index (χ3v) is 5.42. The van der Waals surface area contributed by atoms with Gasteiger partial charge >= 0.3 is 0 Å². The summed E-state index contributed by atoms with van der Waals surface area (Å²) in [6, 6.07) is 11.0. The fraction of sp³-hybridized carbons (Fsp3) is 0.211. The van der Waals surface area contributed by atoms with Crippen LogP contribution < -0.4 is 14.8 Å². The van der Waals surface area contributed by atoms with Gasteiger partial charge in [-0.25, -0.2) is 4.68 Å². The zero-order valence-corrected chi connectivity index (χ0v) is 17.2. The highest BCUT2D eigenvalue weighted by Crippen LogP contribution is 2.41. The molecule has 9 heteroatoms. The van der Waals surface area contributed by atoms with Crippen LogP contribution in [0.25, 0.3) is 0 Å². The lowest BCUT2D eigenvalue weighted by Crippen LogP contribution is -2.29. The Balaban J connectivity index is 1.65. The smallest absolute Gasteiger partial charge is 0.229 e. The third kappa shape index (κ3) is 3.57. The van der Waals surface area contributed by atoms with Crippen LogP contribution in [-0.2, 0) is 11.4 Å². The van der Waals surface area contributed by atoms with Gasteiger partial charge in [-0.15, -0.1) is 0 Å². The fourth-order valence-corrected chi connectivity index (χ4v) is 3.87. The lowest BCUT2D eigenvalue weighted by atomic mass is 10.0. The minimum absolute atomic E-state index is 0.111. The van der Waals surface area contributed by atoms with Crippen molar-refractivity contribution >= 4 is 39.4 Å². The van der Waals surface area contributed by atoms with Gasteiger partial charge in [-0.3, -0.25) is 10.1 Å². The van der Waals surface area contributed by atoms with Gasteiger partial charge in [0.15, 0.2) is 11.5 Å². The van der Waals surface area contributed by atoms with Crippen molar-refractivity contribution in [1.82, 2.24) is 14.8 Å². The number of carbonyl (C=O) groups excluding carboxylic acids is 1. The summed E-state index contributed by atoms with van der Waals surface area (Å²) in [6.07, 6.45) is 1.67. The molecule has 1 aliphatic heterocycles. The molecule has 1 amide bonds. The molecule has 0 saturated carbocycles. The van der Waals surface area contributed by atoms with E-state index in [1.165, 1.54) is 6.33 Å². The topological polar surface area (TPSA) is 78.3 Å². The molecule has 7 nitrogen and oxygen atoms in total. The van der Waals surface area contributed by atoms with Crippen molar-refractivity contribution < 1.29 is 14.3 Å². The van der Waals surface area contributed by atoms with Crippen LogP contribution in [0.5, 0.6) is 11.5 Å². The average Bonchev–Trinajstić information content (AvgIpc) is 3.15. The van der Waals surface area contributed by atoms with E-state index in [1.807, 2.05) is 36.4 Å². The molecule has 0 bridgehead atoms. The zero-order valence-electron chi connectivity index (χ0n) is 14.9. The number of ether oxygens (including phenoxy) is 2. The number of fused-ring (bicyclic) bond motifs is 1. The Morgan fingerprint density at radius 2 is 2.18 bits per heavy atom. The molecule has 1 aliphatic rings. The number of halogens is 2. The molecule has 0 saturated heterocycles. The SMILES string of the molecule is COc1cc(C2CC(=O)Nc3ncnn32)cc(Br)c1OCc1ccccc1Cl. The normalized spacial score (nSPS) is 15.7. The number of benzene rings is 2. The second kappa shape index (κ2) is 7.81. The second-order valence-corrected chi connectivity index (χ2v) is 7.47. The highest BCUT2D eigenvalue weighted by molar-refractivity contribution is 9.10. The molecule has 2 heterocycles. The molecule has 0 radical (unpaired) electrons. The van der Waals surface area contributed by atoms with E-state index in [-0.39, 0.29) is 18.4 Å². The minimum Gasteiger partial charge on any atom is -0.493 e. The van der Waals surface area contributed by atoms with E-state index in [4.69, 9.17) is 21.1 Å². The summed E-state index contributed by atoms with van der Waals surface area (Å²) in [6.45, 7) is 0.299. The maximum Gasteiger partial charge on any atom is 0.229 e. The lowest BCUT2D eigenvalue weighted by Gasteiger charge is -2.25. The van der Waals surface area contributed by atoms with Gasteiger partial charge in [0.2, 0.25) is 11.9 Å². The molecular formula is C19H16BrClN4O3. The Hall–Kier alpha value is -2.58. The summed E-state index contributed by atoms with van der Waals surface area (Å²) >= 11 is 9.76. The fourth-order valence-electron chi connectivity index (χ4n) is 3.10. The van der Waals surface area contributed by atoms with E-state index in [0.717, 1.165) is 11.1 Å². The van der Waals surface area contributed by atoms with Gasteiger partial charge in [0, 0.05) is 10.6 Å². The number of nitrogens with zero attached hydrogens (tertiary/aromatic N) is 3. The van der Waals surface area contributed by atoms with Gasteiger partial charge in [0.1, 0.15) is 12.9 Å². The standard InChI is InChI=1S/C19H16BrClN4O3/c1-27-16-7-12(15-8-17(26)24-19-22-10-23-25(15)19)6-13(20)18(16)28-9-11-4-2-3-5-14(11)21/h2-7,10,15H,8-9H2,1H3,(H,22,23,24,26). The van der Waals surface area contributed by atoms with Gasteiger partial charge in [0.25, 0.3) is 0 Å². The van der Waals surface area contributed by atoms with E-state index >= 15 is 0 Å². The van der Waals surface area contributed by atoms with Crippen LogP contribution in [-0.4, -0.2) is 27.8 Å². The van der Waals surface area contributed by atoms with Crippen molar-refractivity contribution in [1.29, 1.82) is 0 Å². The predicted octanol–water partition coefficient (Wildman–Crippen LogP) is 4.21. The van der Waals surface area contributed by atoms with E-state index in [9.17, 15) is 4.79 Å². The monoisotopic (exact) mass is 462 g/mol. The van der Waals surface area contributed by atoms with Crippen LogP contribution in [0.2, 0.25) is 5.02 Å². The Bertz CT molecular complexity index is 1040. The molecule has 4 rings (SSSR count). The van der Waals surface area contributed by atoms with Crippen molar-refractivity contribution in [3.05, 3.63) is 63.3 Å². The number of aromatic nitrogens is 3. The molecule has 1 aromatic heterocycles. The molecule has 1 N–H and O–H groups in total. The van der Waals surface area contributed by atoms with Crippen molar-refractivity contribution in [3.8, 4) is 11.5 Å². The number of methoxy groups -OCH3 is 1. The first kappa shape index (κ1) is 18.8. The van der Waals surface area contributed by atoms with Gasteiger partial charge in [-0.1, -0.05) is 29.8 Å². The summed E-state index contributed by atoms with van der Waals surface area (Å²) < 4.78 is 13.9. The number of nitrogens with one attached hydrogen (secondary N) is 1. The number of anilines is 1. The Kier molecular flexibility index (Phi) is 5.23. The predicted molar refractivity (Wildman–Crippen MR) is 108 cm³/mol. The summed E-state index contributed by atoms with van der Waals surface area (Å²) in [5.41, 5.74) is 1.73. The molecule has 3 aromatic rings. The highest BCUT2D eigenvalue weighted by Gasteiger charge is 2.29. The maximum absolute atomic E-state index is 12.0. The quantitative estimate of drug-likeness (QED) is 0.613. The van der Waals surface area contributed by atoms with Gasteiger partial charge in [0.05, 0.1) is 24.0 Å². The van der Waals surface area contributed by atoms with Gasteiger partial charge < -0.3 is 9.47 Å². The van der Waals surface area contributed by atoms with E-state index in [1.54, 1.807) is 11.8 Å². The molecule has 2 aromatic carbocycles. The Morgan fingerprint density at radius 3 is 2.96 bits per heavy atom. The average molecular weight is 464 g/mol. The first-order chi connectivity index (χ1) is 13.6. The second-order valence-electron chi connectivity index (χ2n) is 6.21. The number of carbonyl (C=O) groups is 1. The van der Waals surface area contributed by atoms with Crippen LogP contribution in [0.4, 0.5) is 5.95 Å². The molecule has 0 fully saturated rings. The van der Waals surface area contributed by atoms with Crippen LogP contribution in [0.3, 0.4) is 0 Å². The maximum atomic E-state index is 12.0. The summed E-state index contributed by atoms with van der Waals surface area (Å²) in [5, 5.41) is 7.58. The first-order valence-corrected chi connectivity index (χ1v) is 9.67. The van der Waals surface area contributed by atoms with E-state index in [0.29, 0.717) is 33.5 Å². The first-order valence-electron chi connectivity index (χ1n) is 8.50. The molecule has 0 aliphatic carbocycles. The van der Waals surface area contributed by atoms with Gasteiger partial charge in [-0.05, 0) is 39.7 Å². The molecule has 1 unspecified atom stereocenters. The van der Waals surface area contributed by atoms with Crippen LogP contribution in [0.1, 0.15) is 23.6 Å². The molecule has 0 spiro atoms. The van der Waals surface area contributed by atoms with Crippen LogP contribution in [0, 0.1) is 0 Å². The molecule has 28 heavy (non-hydrogen) atoms. The summed E-state index contributed by atoms with van der Waals surface area (Å²) in [4.78, 5) is 16.1. The number of rotatable bonds is 5. The Labute approximate surface area is 174 Å². The summed E-state index contributed by atoms with van der Waals surface area (Å²) in [5.74, 6) is 1.42. The van der Waals surface area contributed by atoms with E-state index < -0.39 is 0 Å². The van der Waals surface area contributed by atoms with Crippen LogP contribution in [0.15, 0.2) is 47.2 Å². The van der Waals surface area contributed by atoms with Crippen LogP contribution >= 0.6 is 27.5 Å². The zero-order chi connectivity index (χ0) is 19.7. The van der Waals surface area contributed by atoms with Crippen molar-refractivity contribution in [2.45, 2.75) is 19.1 Å². The highest BCUT2D eigenvalue weighted by atomic mass is 79.9. The summed E-state index contributed by atoms with van der Waals surface area (Å²) in [7, 11) is 1.57. The Morgan fingerprint density at radius 1 is 1.36 bits per heavy atom. The van der Waals surface area contributed by atoms with E-state index in [2.05, 4.69) is 31.3 Å². The largest absolute Gasteiger partial charge is 0.493 e. The number of hydrogen-bond acceptors (Lipinski definition) is 5. The molecule has 144 valence electrons. The molecular weight excluding hydrogens is 448 g/mol. The number of amides is 1. The van der Waals surface area contributed by atoms with Crippen molar-refractivity contribution in [2.24, 2.45) is 0 Å². The van der Waals surface area contributed by atoms with Crippen molar-refractivity contribution in [2.75, 3.05) is 12.4 Å².